The number of amides is 1. The van der Waals surface area contributed by atoms with Gasteiger partial charge in [0.15, 0.2) is 5.82 Å². The zero-order valence-corrected chi connectivity index (χ0v) is 18.5. The fourth-order valence-electron chi connectivity index (χ4n) is 3.57. The topological polar surface area (TPSA) is 121 Å². The van der Waals surface area contributed by atoms with E-state index >= 15 is 0 Å². The highest BCUT2D eigenvalue weighted by Crippen LogP contribution is 2.18. The van der Waals surface area contributed by atoms with Crippen molar-refractivity contribution in [3.63, 3.8) is 0 Å². The van der Waals surface area contributed by atoms with E-state index in [9.17, 15) is 14.4 Å². The number of carboxylic acids is 1. The van der Waals surface area contributed by atoms with Crippen molar-refractivity contribution >= 4 is 22.8 Å². The molecule has 0 atom stereocenters. The Hall–Kier alpha value is -4.46. The van der Waals surface area contributed by atoms with Crippen LogP contribution in [0.15, 0.2) is 71.5 Å². The smallest absolute Gasteiger partial charge is 0.335 e. The van der Waals surface area contributed by atoms with Crippen molar-refractivity contribution in [3.8, 4) is 5.75 Å². The van der Waals surface area contributed by atoms with Gasteiger partial charge in [-0.15, -0.1) is 0 Å². The Bertz CT molecular complexity index is 1410. The second-order valence-corrected chi connectivity index (χ2v) is 7.70. The van der Waals surface area contributed by atoms with Crippen molar-refractivity contribution in [1.82, 2.24) is 15.3 Å². The number of rotatable bonds is 8. The summed E-state index contributed by atoms with van der Waals surface area (Å²) in [7, 11) is 0. The molecule has 3 N–H and O–H groups in total. The number of aromatic nitrogens is 2. The first-order valence-corrected chi connectivity index (χ1v) is 10.8. The summed E-state index contributed by atoms with van der Waals surface area (Å²) in [4.78, 5) is 43.3. The molecule has 1 heterocycles. The molecule has 8 nitrogen and oxygen atoms in total. The van der Waals surface area contributed by atoms with Crippen molar-refractivity contribution in [1.29, 1.82) is 0 Å². The fourth-order valence-corrected chi connectivity index (χ4v) is 3.57. The van der Waals surface area contributed by atoms with Crippen LogP contribution in [-0.4, -0.2) is 27.0 Å². The molecule has 8 heteroatoms. The highest BCUT2D eigenvalue weighted by atomic mass is 16.5. The second kappa shape index (κ2) is 9.99. The first-order valence-electron chi connectivity index (χ1n) is 10.8. The van der Waals surface area contributed by atoms with Crippen LogP contribution in [0.2, 0.25) is 0 Å². The summed E-state index contributed by atoms with van der Waals surface area (Å²) in [6.07, 6.45) is 0.904. The molecule has 4 rings (SSSR count). The monoisotopic (exact) mass is 457 g/mol. The Labute approximate surface area is 195 Å². The van der Waals surface area contributed by atoms with E-state index in [4.69, 9.17) is 9.84 Å². The van der Waals surface area contributed by atoms with Crippen LogP contribution >= 0.6 is 0 Å². The van der Waals surface area contributed by atoms with Crippen molar-refractivity contribution in [2.45, 2.75) is 26.5 Å². The van der Waals surface area contributed by atoms with E-state index < -0.39 is 17.4 Å². The number of ether oxygens (including phenoxy) is 1. The number of aromatic amines is 1. The predicted molar refractivity (Wildman–Crippen MR) is 127 cm³/mol. The number of benzene rings is 3. The Morgan fingerprint density at radius 1 is 1.03 bits per heavy atom. The summed E-state index contributed by atoms with van der Waals surface area (Å²) in [5.74, 6) is -1.09. The van der Waals surface area contributed by atoms with E-state index in [1.54, 1.807) is 30.3 Å². The van der Waals surface area contributed by atoms with Crippen LogP contribution in [0.1, 0.15) is 44.6 Å². The Morgan fingerprint density at radius 2 is 1.76 bits per heavy atom. The van der Waals surface area contributed by atoms with Crippen LogP contribution in [0, 0.1) is 0 Å². The van der Waals surface area contributed by atoms with Gasteiger partial charge in [0.25, 0.3) is 11.5 Å². The highest BCUT2D eigenvalue weighted by Gasteiger charge is 2.14. The Balaban J connectivity index is 1.50. The van der Waals surface area contributed by atoms with E-state index in [0.717, 1.165) is 12.0 Å². The van der Waals surface area contributed by atoms with Crippen molar-refractivity contribution in [2.75, 3.05) is 0 Å². The van der Waals surface area contributed by atoms with Gasteiger partial charge in [0.2, 0.25) is 0 Å². The summed E-state index contributed by atoms with van der Waals surface area (Å²) < 4.78 is 5.72. The maximum absolute atomic E-state index is 12.8. The molecule has 0 spiro atoms. The van der Waals surface area contributed by atoms with Crippen LogP contribution < -0.4 is 15.6 Å². The molecule has 0 aliphatic carbocycles. The zero-order chi connectivity index (χ0) is 24.1. The quantitative estimate of drug-likeness (QED) is 0.371. The number of nitrogens with zero attached hydrogens (tertiary/aromatic N) is 1. The highest BCUT2D eigenvalue weighted by molar-refractivity contribution is 5.93. The molecule has 172 valence electrons. The van der Waals surface area contributed by atoms with Gasteiger partial charge >= 0.3 is 5.97 Å². The lowest BCUT2D eigenvalue weighted by Crippen LogP contribution is -2.28. The van der Waals surface area contributed by atoms with Crippen molar-refractivity contribution in [3.05, 3.63) is 105 Å². The molecule has 34 heavy (non-hydrogen) atoms. The number of H-pyrrole nitrogens is 1. The molecule has 3 aromatic carbocycles. The normalized spacial score (nSPS) is 10.7. The van der Waals surface area contributed by atoms with Crippen LogP contribution in [0.3, 0.4) is 0 Å². The number of nitrogens with one attached hydrogen (secondary N) is 2. The first kappa shape index (κ1) is 22.7. The minimum Gasteiger partial charge on any atom is -0.489 e. The molecule has 0 saturated heterocycles. The third-order valence-electron chi connectivity index (χ3n) is 5.38. The number of carbonyl (C=O) groups is 2. The van der Waals surface area contributed by atoms with Gasteiger partial charge in [0.05, 0.1) is 16.5 Å². The molecule has 1 aromatic heterocycles. The lowest BCUT2D eigenvalue weighted by Gasteiger charge is -2.10. The SMILES string of the molecule is CCc1cccc(CNC(=O)c2nc3cccc(COc4ccc(C(=O)O)cc4)c3c(=O)[nH]2)c1. The molecule has 0 saturated carbocycles. The standard InChI is InChI=1S/C26H23N3O5/c1-2-16-5-3-6-17(13-16)14-27-25(31)23-28-21-8-4-7-19(22(21)24(30)29-23)15-34-20-11-9-18(10-12-20)26(32)33/h3-13H,2,14-15H2,1H3,(H,27,31)(H,32,33)(H,28,29,30). The van der Waals surface area contributed by atoms with Gasteiger partial charge in [-0.1, -0.05) is 43.3 Å². The van der Waals surface area contributed by atoms with Crippen molar-refractivity contribution < 1.29 is 19.4 Å². The first-order chi connectivity index (χ1) is 16.4. The molecular weight excluding hydrogens is 434 g/mol. The number of hydrogen-bond acceptors (Lipinski definition) is 5. The summed E-state index contributed by atoms with van der Waals surface area (Å²) in [6.45, 7) is 2.46. The molecular formula is C26H23N3O5. The van der Waals surface area contributed by atoms with E-state index in [-0.39, 0.29) is 18.0 Å². The molecule has 0 radical (unpaired) electrons. The number of hydrogen-bond donors (Lipinski definition) is 3. The molecule has 0 unspecified atom stereocenters. The minimum atomic E-state index is -1.02. The van der Waals surface area contributed by atoms with E-state index in [1.165, 1.54) is 17.7 Å². The lowest BCUT2D eigenvalue weighted by atomic mass is 10.1. The largest absolute Gasteiger partial charge is 0.489 e. The van der Waals surface area contributed by atoms with Crippen LogP contribution in [0.5, 0.6) is 5.75 Å². The van der Waals surface area contributed by atoms with Gasteiger partial charge in [0, 0.05) is 12.1 Å². The van der Waals surface area contributed by atoms with Crippen molar-refractivity contribution in [2.24, 2.45) is 0 Å². The number of aromatic carboxylic acids is 1. The van der Waals surface area contributed by atoms with Crippen LogP contribution in [-0.2, 0) is 19.6 Å². The van der Waals surface area contributed by atoms with Gasteiger partial charge in [-0.2, -0.15) is 0 Å². The third kappa shape index (κ3) is 5.12. The fraction of sp³-hybridized carbons (Fsp3) is 0.154. The predicted octanol–water partition coefficient (Wildman–Crippen LogP) is 3.69. The average Bonchev–Trinajstić information content (AvgIpc) is 2.86. The summed E-state index contributed by atoms with van der Waals surface area (Å²) in [6, 6.07) is 19.1. The van der Waals surface area contributed by atoms with Gasteiger partial charge in [-0.3, -0.25) is 9.59 Å². The van der Waals surface area contributed by atoms with E-state index in [2.05, 4.69) is 22.2 Å². The molecule has 0 aliphatic heterocycles. The van der Waals surface area contributed by atoms with Gasteiger partial charge in [0.1, 0.15) is 12.4 Å². The van der Waals surface area contributed by atoms with Gasteiger partial charge < -0.3 is 20.1 Å². The number of carboxylic acid groups (broad SMARTS) is 1. The molecule has 4 aromatic rings. The summed E-state index contributed by atoms with van der Waals surface area (Å²) in [5, 5.41) is 12.1. The number of aryl methyl sites for hydroxylation is 1. The lowest BCUT2D eigenvalue weighted by molar-refractivity contribution is 0.0696. The van der Waals surface area contributed by atoms with Crippen LogP contribution in [0.25, 0.3) is 10.9 Å². The summed E-state index contributed by atoms with van der Waals surface area (Å²) in [5.41, 5.74) is 2.83. The maximum Gasteiger partial charge on any atom is 0.335 e. The van der Waals surface area contributed by atoms with Gasteiger partial charge in [-0.25, -0.2) is 9.78 Å². The second-order valence-electron chi connectivity index (χ2n) is 7.70. The maximum atomic E-state index is 12.8. The molecule has 0 fully saturated rings. The van der Waals surface area contributed by atoms with E-state index in [1.807, 2.05) is 24.3 Å². The zero-order valence-electron chi connectivity index (χ0n) is 18.5. The van der Waals surface area contributed by atoms with E-state index in [0.29, 0.717) is 28.8 Å². The van der Waals surface area contributed by atoms with Crippen LogP contribution in [0.4, 0.5) is 0 Å². The number of fused-ring (bicyclic) bond motifs is 1. The Morgan fingerprint density at radius 3 is 2.50 bits per heavy atom. The Kier molecular flexibility index (Phi) is 6.68. The minimum absolute atomic E-state index is 0.0635. The summed E-state index contributed by atoms with van der Waals surface area (Å²) >= 11 is 0. The molecule has 0 bridgehead atoms. The molecule has 1 amide bonds. The average molecular weight is 457 g/mol. The number of carbonyl (C=O) groups excluding carboxylic acids is 1. The van der Waals surface area contributed by atoms with Gasteiger partial charge in [-0.05, 0) is 47.9 Å². The molecule has 0 aliphatic rings. The third-order valence-corrected chi connectivity index (χ3v) is 5.38.